The molecule has 0 amide bonds. The fourth-order valence-corrected chi connectivity index (χ4v) is 2.28. The summed E-state index contributed by atoms with van der Waals surface area (Å²) in [6.07, 6.45) is 1.20. The van der Waals surface area contributed by atoms with Gasteiger partial charge < -0.3 is 0 Å². The highest BCUT2D eigenvalue weighted by molar-refractivity contribution is 7.88. The Hall–Kier alpha value is -0.130. The summed E-state index contributed by atoms with van der Waals surface area (Å²) in [5.74, 6) is 1.36. The Balaban J connectivity index is 2.19. The predicted molar refractivity (Wildman–Crippen MR) is 52.8 cm³/mol. The molecule has 0 bridgehead atoms. The van der Waals surface area contributed by atoms with Crippen molar-refractivity contribution in [3.63, 3.8) is 0 Å². The van der Waals surface area contributed by atoms with Crippen molar-refractivity contribution in [2.24, 2.45) is 0 Å². The van der Waals surface area contributed by atoms with Gasteiger partial charge in [0, 0.05) is 25.7 Å². The Morgan fingerprint density at radius 1 is 1.46 bits per heavy atom. The van der Waals surface area contributed by atoms with Crippen LogP contribution in [-0.2, 0) is 10.0 Å². The number of nitrogens with zero attached hydrogens (tertiary/aromatic N) is 1. The minimum absolute atomic E-state index is 0.120. The summed E-state index contributed by atoms with van der Waals surface area (Å²) in [5, 5.41) is 0. The summed E-state index contributed by atoms with van der Waals surface area (Å²) in [5.41, 5.74) is 0. The van der Waals surface area contributed by atoms with Gasteiger partial charge in [-0.3, -0.25) is 4.90 Å². The van der Waals surface area contributed by atoms with Crippen LogP contribution in [0.5, 0.6) is 0 Å². The molecule has 0 spiro atoms. The molecule has 1 saturated heterocycles. The quantitative estimate of drug-likeness (QED) is 0.693. The van der Waals surface area contributed by atoms with Crippen molar-refractivity contribution in [3.8, 4) is 0 Å². The smallest absolute Gasteiger partial charge is 0.209 e. The molecule has 0 aliphatic carbocycles. The average molecular weight is 205 g/mol. The van der Waals surface area contributed by atoms with E-state index in [9.17, 15) is 8.42 Å². The molecular formula is C8H17N2O2S. The highest BCUT2D eigenvalue weighted by Gasteiger charge is 2.28. The molecule has 13 heavy (non-hydrogen) atoms. The van der Waals surface area contributed by atoms with E-state index >= 15 is 0 Å². The summed E-state index contributed by atoms with van der Waals surface area (Å²) in [6.45, 7) is 6.80. The van der Waals surface area contributed by atoms with E-state index in [0.29, 0.717) is 0 Å². The number of sulfonamides is 1. The van der Waals surface area contributed by atoms with Crippen LogP contribution < -0.4 is 4.72 Å². The van der Waals surface area contributed by atoms with Crippen LogP contribution in [0.3, 0.4) is 0 Å². The van der Waals surface area contributed by atoms with Gasteiger partial charge in [-0.25, -0.2) is 13.1 Å². The first-order valence-corrected chi connectivity index (χ1v) is 6.24. The maximum absolute atomic E-state index is 10.8. The maximum atomic E-state index is 10.8. The van der Waals surface area contributed by atoms with Gasteiger partial charge in [-0.1, -0.05) is 13.8 Å². The van der Waals surface area contributed by atoms with Crippen molar-refractivity contribution in [3.05, 3.63) is 5.92 Å². The Kier molecular flexibility index (Phi) is 3.32. The molecule has 0 aromatic rings. The summed E-state index contributed by atoms with van der Waals surface area (Å²) in [7, 11) is -3.02. The lowest BCUT2D eigenvalue weighted by atomic mass is 10.1. The lowest BCUT2D eigenvalue weighted by Gasteiger charge is -2.39. The van der Waals surface area contributed by atoms with Crippen LogP contribution in [0.4, 0.5) is 0 Å². The van der Waals surface area contributed by atoms with Crippen molar-refractivity contribution >= 4 is 10.0 Å². The van der Waals surface area contributed by atoms with Gasteiger partial charge in [0.05, 0.1) is 6.26 Å². The number of likely N-dealkylation sites (tertiary alicyclic amines) is 1. The number of hydrogen-bond acceptors (Lipinski definition) is 3. The van der Waals surface area contributed by atoms with Crippen LogP contribution in [-0.4, -0.2) is 45.2 Å². The molecule has 1 aliphatic heterocycles. The fraction of sp³-hybridized carbons (Fsp3) is 0.875. The van der Waals surface area contributed by atoms with Crippen LogP contribution in [0, 0.1) is 5.92 Å². The minimum Gasteiger partial charge on any atom is -0.300 e. The zero-order valence-electron chi connectivity index (χ0n) is 8.37. The summed E-state index contributed by atoms with van der Waals surface area (Å²) in [4.78, 5) is 2.22. The van der Waals surface area contributed by atoms with E-state index in [-0.39, 0.29) is 6.04 Å². The molecule has 5 heteroatoms. The summed E-state index contributed by atoms with van der Waals surface area (Å²) < 4.78 is 24.2. The molecule has 1 heterocycles. The molecule has 0 unspecified atom stereocenters. The second kappa shape index (κ2) is 3.94. The predicted octanol–water partition coefficient (Wildman–Crippen LogP) is -0.166. The van der Waals surface area contributed by atoms with Crippen LogP contribution in [0.25, 0.3) is 0 Å². The summed E-state index contributed by atoms with van der Waals surface area (Å²) >= 11 is 0. The van der Waals surface area contributed by atoms with Crippen molar-refractivity contribution in [2.75, 3.05) is 25.9 Å². The van der Waals surface area contributed by atoms with Gasteiger partial charge in [0.25, 0.3) is 0 Å². The van der Waals surface area contributed by atoms with Gasteiger partial charge in [0.2, 0.25) is 10.0 Å². The van der Waals surface area contributed by atoms with E-state index in [4.69, 9.17) is 0 Å². The van der Waals surface area contributed by atoms with E-state index in [1.807, 2.05) is 0 Å². The molecule has 0 aromatic heterocycles. The van der Waals surface area contributed by atoms with Gasteiger partial charge in [0.15, 0.2) is 0 Å². The number of nitrogens with one attached hydrogen (secondary N) is 1. The first-order valence-electron chi connectivity index (χ1n) is 4.35. The van der Waals surface area contributed by atoms with Gasteiger partial charge in [0.1, 0.15) is 0 Å². The summed E-state index contributed by atoms with van der Waals surface area (Å²) in [6, 6.07) is 0.120. The third kappa shape index (κ3) is 4.06. The molecule has 0 aromatic carbocycles. The number of rotatable bonds is 4. The zero-order chi connectivity index (χ0) is 10.1. The lowest BCUT2D eigenvalue weighted by molar-refractivity contribution is 0.148. The van der Waals surface area contributed by atoms with Crippen molar-refractivity contribution < 1.29 is 8.42 Å². The third-order valence-electron chi connectivity index (χ3n) is 1.88. The van der Waals surface area contributed by atoms with Gasteiger partial charge in [-0.05, 0) is 5.92 Å². The van der Waals surface area contributed by atoms with Crippen LogP contribution in [0.1, 0.15) is 13.8 Å². The molecule has 1 fully saturated rings. The van der Waals surface area contributed by atoms with E-state index in [1.165, 1.54) is 12.2 Å². The zero-order valence-corrected chi connectivity index (χ0v) is 9.19. The largest absolute Gasteiger partial charge is 0.300 e. The normalized spacial score (nSPS) is 20.6. The highest BCUT2D eigenvalue weighted by atomic mass is 32.2. The molecule has 1 N–H and O–H groups in total. The SMILES string of the molecule is C[C](C)CN1CC(NS(C)(=O)=O)C1. The van der Waals surface area contributed by atoms with Crippen molar-refractivity contribution in [1.29, 1.82) is 0 Å². The van der Waals surface area contributed by atoms with Gasteiger partial charge in [-0.15, -0.1) is 0 Å². The molecule has 1 aliphatic rings. The Labute approximate surface area is 80.4 Å². The van der Waals surface area contributed by atoms with Gasteiger partial charge in [-0.2, -0.15) is 0 Å². The standard InChI is InChI=1S/C8H17N2O2S/c1-7(2)4-10-5-8(6-10)9-13(3,11)12/h8-9H,4-6H2,1-3H3. The Morgan fingerprint density at radius 3 is 2.38 bits per heavy atom. The molecule has 1 radical (unpaired) electrons. The molecule has 0 atom stereocenters. The number of hydrogen-bond donors (Lipinski definition) is 1. The van der Waals surface area contributed by atoms with Crippen LogP contribution >= 0.6 is 0 Å². The first-order chi connectivity index (χ1) is 5.87. The van der Waals surface area contributed by atoms with Crippen LogP contribution in [0.2, 0.25) is 0 Å². The van der Waals surface area contributed by atoms with Crippen molar-refractivity contribution in [2.45, 2.75) is 19.9 Å². The van der Waals surface area contributed by atoms with Crippen LogP contribution in [0.15, 0.2) is 0 Å². The fourth-order valence-electron chi connectivity index (χ4n) is 1.52. The molecular weight excluding hydrogens is 188 g/mol. The third-order valence-corrected chi connectivity index (χ3v) is 2.64. The molecule has 4 nitrogen and oxygen atoms in total. The monoisotopic (exact) mass is 205 g/mol. The van der Waals surface area contributed by atoms with E-state index in [1.54, 1.807) is 0 Å². The molecule has 77 valence electrons. The second-order valence-corrected chi connectivity index (χ2v) is 5.77. The Morgan fingerprint density at radius 2 is 2.00 bits per heavy atom. The second-order valence-electron chi connectivity index (χ2n) is 3.99. The maximum Gasteiger partial charge on any atom is 0.209 e. The highest BCUT2D eigenvalue weighted by Crippen LogP contribution is 2.11. The van der Waals surface area contributed by atoms with E-state index in [0.717, 1.165) is 19.6 Å². The molecule has 1 rings (SSSR count). The van der Waals surface area contributed by atoms with Gasteiger partial charge >= 0.3 is 0 Å². The van der Waals surface area contributed by atoms with Crippen molar-refractivity contribution in [1.82, 2.24) is 9.62 Å². The topological polar surface area (TPSA) is 49.4 Å². The Bertz CT molecular complexity index is 255. The minimum atomic E-state index is -3.02. The average Bonchev–Trinajstić information content (AvgIpc) is 1.78. The first kappa shape index (κ1) is 10.9. The van der Waals surface area contributed by atoms with E-state index in [2.05, 4.69) is 23.5 Å². The molecule has 0 saturated carbocycles. The van der Waals surface area contributed by atoms with E-state index < -0.39 is 10.0 Å². The lowest BCUT2D eigenvalue weighted by Crippen LogP contribution is -2.59.